The second kappa shape index (κ2) is 4.72. The Balaban J connectivity index is 2.20. The average Bonchev–Trinajstić information content (AvgIpc) is 2.58. The summed E-state index contributed by atoms with van der Waals surface area (Å²) in [6.07, 6.45) is 0.133. The lowest BCUT2D eigenvalue weighted by molar-refractivity contribution is 0.175. The Morgan fingerprint density at radius 2 is 2.00 bits per heavy atom. The number of hydrogen-bond donors (Lipinski definition) is 1. The van der Waals surface area contributed by atoms with Crippen molar-refractivity contribution in [2.75, 3.05) is 0 Å². The Morgan fingerprint density at radius 1 is 1.29 bits per heavy atom. The third-order valence-corrected chi connectivity index (χ3v) is 3.05. The summed E-state index contributed by atoms with van der Waals surface area (Å²) in [7, 11) is 1.91. The van der Waals surface area contributed by atoms with Crippen molar-refractivity contribution in [1.82, 2.24) is 9.78 Å². The molecule has 3 heteroatoms. The van der Waals surface area contributed by atoms with E-state index in [4.69, 9.17) is 0 Å². The van der Waals surface area contributed by atoms with E-state index in [1.54, 1.807) is 0 Å². The van der Waals surface area contributed by atoms with Crippen LogP contribution in [0.25, 0.3) is 0 Å². The molecule has 0 aliphatic carbocycles. The van der Waals surface area contributed by atoms with Crippen LogP contribution in [0.15, 0.2) is 30.3 Å². The molecule has 1 aromatic carbocycles. The number of aromatic nitrogens is 2. The van der Waals surface area contributed by atoms with Crippen LogP contribution in [-0.2, 0) is 13.5 Å². The van der Waals surface area contributed by atoms with Gasteiger partial charge in [0.25, 0.3) is 0 Å². The molecule has 1 heterocycles. The molecular formula is C14H18N2O. The molecule has 90 valence electrons. The number of rotatable bonds is 3. The van der Waals surface area contributed by atoms with Gasteiger partial charge in [-0.3, -0.25) is 4.68 Å². The Kier molecular flexibility index (Phi) is 3.29. The summed E-state index contributed by atoms with van der Waals surface area (Å²) in [6.45, 7) is 3.98. The molecule has 0 bridgehead atoms. The van der Waals surface area contributed by atoms with Crippen molar-refractivity contribution in [1.29, 1.82) is 0 Å². The van der Waals surface area contributed by atoms with Crippen LogP contribution in [0.5, 0.6) is 0 Å². The Hall–Kier alpha value is -1.61. The standard InChI is InChI=1S/C14H18N2O/c1-10-6-4-5-7-13(10)14(17)9-12-8-11(2)15-16(12)3/h4-8,14,17H,9H2,1-3H3. The van der Waals surface area contributed by atoms with Gasteiger partial charge >= 0.3 is 0 Å². The minimum absolute atomic E-state index is 0.467. The smallest absolute Gasteiger partial charge is 0.0847 e. The molecule has 17 heavy (non-hydrogen) atoms. The summed E-state index contributed by atoms with van der Waals surface area (Å²) in [5, 5.41) is 14.5. The molecule has 0 saturated carbocycles. The predicted octanol–water partition coefficient (Wildman–Crippen LogP) is 2.31. The van der Waals surface area contributed by atoms with E-state index in [1.165, 1.54) is 0 Å². The van der Waals surface area contributed by atoms with Crippen LogP contribution in [-0.4, -0.2) is 14.9 Å². The van der Waals surface area contributed by atoms with Crippen molar-refractivity contribution in [3.63, 3.8) is 0 Å². The molecule has 2 rings (SSSR count). The van der Waals surface area contributed by atoms with Crippen molar-refractivity contribution in [2.24, 2.45) is 7.05 Å². The molecule has 0 aliphatic rings. The minimum atomic E-state index is -0.467. The zero-order valence-electron chi connectivity index (χ0n) is 10.5. The summed E-state index contributed by atoms with van der Waals surface area (Å²) in [5.41, 5.74) is 4.16. The summed E-state index contributed by atoms with van der Waals surface area (Å²) >= 11 is 0. The van der Waals surface area contributed by atoms with Crippen molar-refractivity contribution in [3.05, 3.63) is 52.8 Å². The van der Waals surface area contributed by atoms with E-state index in [1.807, 2.05) is 55.9 Å². The lowest BCUT2D eigenvalue weighted by Gasteiger charge is -2.13. The Labute approximate surface area is 102 Å². The summed E-state index contributed by atoms with van der Waals surface area (Å²) in [4.78, 5) is 0. The quantitative estimate of drug-likeness (QED) is 0.878. The summed E-state index contributed by atoms with van der Waals surface area (Å²) < 4.78 is 1.83. The van der Waals surface area contributed by atoms with Gasteiger partial charge < -0.3 is 5.11 Å². The second-order valence-corrected chi connectivity index (χ2v) is 4.48. The Morgan fingerprint density at radius 3 is 2.59 bits per heavy atom. The molecule has 0 fully saturated rings. The maximum absolute atomic E-state index is 10.2. The van der Waals surface area contributed by atoms with Crippen LogP contribution in [0.2, 0.25) is 0 Å². The molecule has 0 saturated heterocycles. The normalized spacial score (nSPS) is 12.7. The van der Waals surface area contributed by atoms with Gasteiger partial charge in [0.1, 0.15) is 0 Å². The highest BCUT2D eigenvalue weighted by atomic mass is 16.3. The molecule has 1 aromatic heterocycles. The van der Waals surface area contributed by atoms with E-state index in [-0.39, 0.29) is 0 Å². The van der Waals surface area contributed by atoms with Gasteiger partial charge in [0.05, 0.1) is 11.8 Å². The zero-order valence-corrected chi connectivity index (χ0v) is 10.5. The molecule has 3 nitrogen and oxygen atoms in total. The third kappa shape index (κ3) is 2.56. The number of aryl methyl sites for hydroxylation is 3. The molecule has 1 atom stereocenters. The van der Waals surface area contributed by atoms with E-state index in [9.17, 15) is 5.11 Å². The molecule has 2 aromatic rings. The van der Waals surface area contributed by atoms with Crippen molar-refractivity contribution in [3.8, 4) is 0 Å². The third-order valence-electron chi connectivity index (χ3n) is 3.05. The van der Waals surface area contributed by atoms with Gasteiger partial charge in [-0.1, -0.05) is 24.3 Å². The highest BCUT2D eigenvalue weighted by molar-refractivity contribution is 5.28. The zero-order chi connectivity index (χ0) is 12.4. The first-order valence-corrected chi connectivity index (χ1v) is 5.81. The summed E-state index contributed by atoms with van der Waals surface area (Å²) in [6, 6.07) is 9.96. The number of hydrogen-bond acceptors (Lipinski definition) is 2. The fourth-order valence-corrected chi connectivity index (χ4v) is 2.12. The maximum atomic E-state index is 10.2. The van der Waals surface area contributed by atoms with Gasteiger partial charge in [-0.05, 0) is 31.0 Å². The van der Waals surface area contributed by atoms with E-state index in [2.05, 4.69) is 5.10 Å². The highest BCUT2D eigenvalue weighted by Gasteiger charge is 2.13. The fourth-order valence-electron chi connectivity index (χ4n) is 2.12. The monoisotopic (exact) mass is 230 g/mol. The van der Waals surface area contributed by atoms with Gasteiger partial charge in [-0.2, -0.15) is 5.10 Å². The van der Waals surface area contributed by atoms with Crippen LogP contribution >= 0.6 is 0 Å². The highest BCUT2D eigenvalue weighted by Crippen LogP contribution is 2.21. The first-order valence-electron chi connectivity index (χ1n) is 5.81. The van der Waals surface area contributed by atoms with Crippen LogP contribution in [0.1, 0.15) is 28.6 Å². The number of aliphatic hydroxyl groups excluding tert-OH is 1. The number of aliphatic hydroxyl groups is 1. The summed E-state index contributed by atoms with van der Waals surface area (Å²) in [5.74, 6) is 0. The second-order valence-electron chi connectivity index (χ2n) is 4.48. The van der Waals surface area contributed by atoms with E-state index in [0.29, 0.717) is 6.42 Å². The van der Waals surface area contributed by atoms with Gasteiger partial charge in [-0.25, -0.2) is 0 Å². The average molecular weight is 230 g/mol. The van der Waals surface area contributed by atoms with Crippen LogP contribution in [0.4, 0.5) is 0 Å². The molecule has 0 radical (unpaired) electrons. The van der Waals surface area contributed by atoms with Crippen molar-refractivity contribution in [2.45, 2.75) is 26.4 Å². The molecule has 1 N–H and O–H groups in total. The molecule has 0 amide bonds. The maximum Gasteiger partial charge on any atom is 0.0847 e. The molecule has 0 spiro atoms. The lowest BCUT2D eigenvalue weighted by Crippen LogP contribution is -2.07. The minimum Gasteiger partial charge on any atom is -0.388 e. The van der Waals surface area contributed by atoms with Gasteiger partial charge in [0, 0.05) is 19.2 Å². The lowest BCUT2D eigenvalue weighted by atomic mass is 10.00. The molecule has 0 aliphatic heterocycles. The van der Waals surface area contributed by atoms with Crippen LogP contribution < -0.4 is 0 Å². The first kappa shape index (κ1) is 11.9. The molecule has 1 unspecified atom stereocenters. The van der Waals surface area contributed by atoms with Gasteiger partial charge in [0.15, 0.2) is 0 Å². The molecular weight excluding hydrogens is 212 g/mol. The number of nitrogens with zero attached hydrogens (tertiary/aromatic N) is 2. The first-order chi connectivity index (χ1) is 8.08. The van der Waals surface area contributed by atoms with Gasteiger partial charge in [-0.15, -0.1) is 0 Å². The number of benzene rings is 1. The van der Waals surface area contributed by atoms with E-state index >= 15 is 0 Å². The van der Waals surface area contributed by atoms with E-state index < -0.39 is 6.10 Å². The van der Waals surface area contributed by atoms with Crippen LogP contribution in [0.3, 0.4) is 0 Å². The van der Waals surface area contributed by atoms with Gasteiger partial charge in [0.2, 0.25) is 0 Å². The SMILES string of the molecule is Cc1cc(CC(O)c2ccccc2C)n(C)n1. The topological polar surface area (TPSA) is 38.0 Å². The fraction of sp³-hybridized carbons (Fsp3) is 0.357. The predicted molar refractivity (Wildman–Crippen MR) is 67.8 cm³/mol. The Bertz CT molecular complexity index is 517. The van der Waals surface area contributed by atoms with Crippen molar-refractivity contribution >= 4 is 0 Å². The van der Waals surface area contributed by atoms with E-state index in [0.717, 1.165) is 22.5 Å². The van der Waals surface area contributed by atoms with Crippen LogP contribution in [0, 0.1) is 13.8 Å². The van der Waals surface area contributed by atoms with Crippen molar-refractivity contribution < 1.29 is 5.11 Å². The largest absolute Gasteiger partial charge is 0.388 e.